The molecule has 2 aliphatic rings. The van der Waals surface area contributed by atoms with E-state index in [0.717, 1.165) is 25.7 Å². The third-order valence-electron chi connectivity index (χ3n) is 3.44. The van der Waals surface area contributed by atoms with Crippen molar-refractivity contribution in [1.29, 1.82) is 0 Å². The molecule has 4 heteroatoms. The maximum absolute atomic E-state index is 9.67. The van der Waals surface area contributed by atoms with Gasteiger partial charge in [-0.15, -0.1) is 6.58 Å². The molecule has 0 aromatic heterocycles. The van der Waals surface area contributed by atoms with Crippen LogP contribution >= 0.6 is 0 Å². The van der Waals surface area contributed by atoms with Crippen molar-refractivity contribution in [3.05, 3.63) is 12.7 Å². The Labute approximate surface area is 95.9 Å². The summed E-state index contributed by atoms with van der Waals surface area (Å²) in [5.74, 6) is -0.544. The van der Waals surface area contributed by atoms with Crippen LogP contribution in [0.1, 0.15) is 32.1 Å². The molecule has 1 heterocycles. The highest BCUT2D eigenvalue weighted by atomic mass is 16.8. The van der Waals surface area contributed by atoms with Gasteiger partial charge >= 0.3 is 0 Å². The second-order valence-corrected chi connectivity index (χ2v) is 4.62. The van der Waals surface area contributed by atoms with Crippen LogP contribution in [0.2, 0.25) is 0 Å². The summed E-state index contributed by atoms with van der Waals surface area (Å²) < 4.78 is 11.7. The summed E-state index contributed by atoms with van der Waals surface area (Å²) in [6, 6.07) is 0. The zero-order chi connectivity index (χ0) is 11.6. The molecule has 4 nitrogen and oxygen atoms in total. The first-order chi connectivity index (χ1) is 7.71. The molecule has 0 amide bonds. The van der Waals surface area contributed by atoms with E-state index in [0.29, 0.717) is 0 Å². The third-order valence-corrected chi connectivity index (χ3v) is 3.44. The lowest BCUT2D eigenvalue weighted by Gasteiger charge is -2.32. The summed E-state index contributed by atoms with van der Waals surface area (Å²) in [4.78, 5) is 0. The van der Waals surface area contributed by atoms with Gasteiger partial charge in [0.1, 0.15) is 18.3 Å². The van der Waals surface area contributed by atoms with E-state index in [1.165, 1.54) is 6.42 Å². The number of ether oxygens (including phenoxy) is 2. The molecule has 1 saturated heterocycles. The summed E-state index contributed by atoms with van der Waals surface area (Å²) in [7, 11) is 0. The van der Waals surface area contributed by atoms with Gasteiger partial charge in [0.25, 0.3) is 0 Å². The first-order valence-corrected chi connectivity index (χ1v) is 5.98. The molecule has 3 atom stereocenters. The first kappa shape index (κ1) is 12.0. The zero-order valence-electron chi connectivity index (χ0n) is 9.47. The second kappa shape index (κ2) is 4.84. The maximum Gasteiger partial charge on any atom is 0.169 e. The molecule has 2 fully saturated rings. The van der Waals surface area contributed by atoms with Crippen LogP contribution in [0.25, 0.3) is 0 Å². The van der Waals surface area contributed by atoms with Crippen molar-refractivity contribution in [3.63, 3.8) is 0 Å². The van der Waals surface area contributed by atoms with Gasteiger partial charge in [0, 0.05) is 12.8 Å². The van der Waals surface area contributed by atoms with Crippen LogP contribution in [-0.2, 0) is 9.47 Å². The van der Waals surface area contributed by atoms with Crippen LogP contribution in [0.4, 0.5) is 0 Å². The molecular weight excluding hydrogens is 208 g/mol. The molecule has 92 valence electrons. The predicted molar refractivity (Wildman–Crippen MR) is 58.9 cm³/mol. The van der Waals surface area contributed by atoms with Crippen molar-refractivity contribution in [2.45, 2.75) is 56.2 Å². The average Bonchev–Trinajstić information content (AvgIpc) is 2.68. The van der Waals surface area contributed by atoms with Gasteiger partial charge < -0.3 is 19.7 Å². The van der Waals surface area contributed by atoms with Crippen LogP contribution < -0.4 is 0 Å². The number of aliphatic hydroxyl groups excluding tert-OH is 2. The highest BCUT2D eigenvalue weighted by molar-refractivity contribution is 4.98. The summed E-state index contributed by atoms with van der Waals surface area (Å²) >= 11 is 0. The van der Waals surface area contributed by atoms with Crippen LogP contribution in [0, 0.1) is 0 Å². The molecule has 2 N–H and O–H groups in total. The quantitative estimate of drug-likeness (QED) is 0.707. The summed E-state index contributed by atoms with van der Waals surface area (Å²) in [6.07, 6.45) is 5.06. The molecule has 2 rings (SSSR count). The SMILES string of the molecule is C=C[C@@H]1OC2(CCCCC2)O[C@@H]1[C@H](O)CO. The third kappa shape index (κ3) is 2.15. The lowest BCUT2D eigenvalue weighted by Crippen LogP contribution is -2.38. The molecule has 0 radical (unpaired) electrons. The van der Waals surface area contributed by atoms with E-state index in [2.05, 4.69) is 6.58 Å². The standard InChI is InChI=1S/C12H20O4/c1-2-10-11(9(14)8-13)16-12(15-10)6-4-3-5-7-12/h2,9-11,13-14H,1,3-8H2/t9-,10+,11-/m1/s1. The van der Waals surface area contributed by atoms with Gasteiger partial charge in [-0.3, -0.25) is 0 Å². The molecule has 1 aliphatic carbocycles. The first-order valence-electron chi connectivity index (χ1n) is 5.98. The monoisotopic (exact) mass is 228 g/mol. The van der Waals surface area contributed by atoms with Crippen LogP contribution in [0.5, 0.6) is 0 Å². The topological polar surface area (TPSA) is 58.9 Å². The largest absolute Gasteiger partial charge is 0.394 e. The molecule has 1 saturated carbocycles. The smallest absolute Gasteiger partial charge is 0.169 e. The van der Waals surface area contributed by atoms with Crippen LogP contribution in [0.15, 0.2) is 12.7 Å². The van der Waals surface area contributed by atoms with Gasteiger partial charge in [-0.1, -0.05) is 12.5 Å². The molecular formula is C12H20O4. The van der Waals surface area contributed by atoms with Gasteiger partial charge in [0.05, 0.1) is 6.61 Å². The van der Waals surface area contributed by atoms with Gasteiger partial charge in [-0.2, -0.15) is 0 Å². The predicted octanol–water partition coefficient (Wildman–Crippen LogP) is 0.970. The van der Waals surface area contributed by atoms with Crippen LogP contribution in [-0.4, -0.2) is 40.9 Å². The van der Waals surface area contributed by atoms with E-state index < -0.39 is 18.0 Å². The van der Waals surface area contributed by atoms with E-state index in [4.69, 9.17) is 14.6 Å². The Morgan fingerprint density at radius 1 is 1.31 bits per heavy atom. The van der Waals surface area contributed by atoms with Gasteiger partial charge in [-0.05, 0) is 12.8 Å². The molecule has 1 aliphatic heterocycles. The van der Waals surface area contributed by atoms with E-state index in [9.17, 15) is 5.11 Å². The molecule has 0 bridgehead atoms. The number of rotatable bonds is 3. The lowest BCUT2D eigenvalue weighted by atomic mass is 9.94. The molecule has 0 aromatic rings. The Morgan fingerprint density at radius 2 is 2.00 bits per heavy atom. The molecule has 0 unspecified atom stereocenters. The number of hydrogen-bond donors (Lipinski definition) is 2. The Balaban J connectivity index is 2.07. The van der Waals surface area contributed by atoms with E-state index in [1.54, 1.807) is 6.08 Å². The second-order valence-electron chi connectivity index (χ2n) is 4.62. The number of hydrogen-bond acceptors (Lipinski definition) is 4. The van der Waals surface area contributed by atoms with Crippen molar-refractivity contribution < 1.29 is 19.7 Å². The Hall–Kier alpha value is -0.420. The van der Waals surface area contributed by atoms with Crippen molar-refractivity contribution >= 4 is 0 Å². The average molecular weight is 228 g/mol. The van der Waals surface area contributed by atoms with Crippen molar-refractivity contribution in [2.75, 3.05) is 6.61 Å². The normalized spacial score (nSPS) is 35.1. The highest BCUT2D eigenvalue weighted by Gasteiger charge is 2.49. The molecule has 16 heavy (non-hydrogen) atoms. The minimum absolute atomic E-state index is 0.311. The Morgan fingerprint density at radius 3 is 2.56 bits per heavy atom. The maximum atomic E-state index is 9.67. The van der Waals surface area contributed by atoms with E-state index in [1.807, 2.05) is 0 Å². The van der Waals surface area contributed by atoms with Gasteiger partial charge in [0.2, 0.25) is 0 Å². The zero-order valence-corrected chi connectivity index (χ0v) is 9.47. The number of aliphatic hydroxyl groups is 2. The van der Waals surface area contributed by atoms with Crippen LogP contribution in [0.3, 0.4) is 0 Å². The van der Waals surface area contributed by atoms with E-state index in [-0.39, 0.29) is 12.7 Å². The summed E-state index contributed by atoms with van der Waals surface area (Å²) in [5.41, 5.74) is 0. The molecule has 1 spiro atoms. The van der Waals surface area contributed by atoms with Crippen molar-refractivity contribution in [1.82, 2.24) is 0 Å². The fourth-order valence-electron chi connectivity index (χ4n) is 2.57. The highest BCUT2D eigenvalue weighted by Crippen LogP contribution is 2.41. The lowest BCUT2D eigenvalue weighted by molar-refractivity contribution is -0.199. The van der Waals surface area contributed by atoms with Crippen molar-refractivity contribution in [3.8, 4) is 0 Å². The summed E-state index contributed by atoms with van der Waals surface area (Å²) in [5, 5.41) is 18.6. The fraction of sp³-hybridized carbons (Fsp3) is 0.833. The minimum Gasteiger partial charge on any atom is -0.394 e. The van der Waals surface area contributed by atoms with Crippen molar-refractivity contribution in [2.24, 2.45) is 0 Å². The minimum atomic E-state index is -0.899. The summed E-state index contributed by atoms with van der Waals surface area (Å²) in [6.45, 7) is 3.38. The Kier molecular flexibility index (Phi) is 3.64. The molecule has 0 aromatic carbocycles. The Bertz CT molecular complexity index is 247. The fourth-order valence-corrected chi connectivity index (χ4v) is 2.57. The van der Waals surface area contributed by atoms with Gasteiger partial charge in [0.15, 0.2) is 5.79 Å². The van der Waals surface area contributed by atoms with Gasteiger partial charge in [-0.25, -0.2) is 0 Å². The van der Waals surface area contributed by atoms with E-state index >= 15 is 0 Å².